The zero-order valence-electron chi connectivity index (χ0n) is 7.97. The molecule has 0 amide bonds. The summed E-state index contributed by atoms with van der Waals surface area (Å²) >= 11 is 1.77. The van der Waals surface area contributed by atoms with Gasteiger partial charge in [0, 0.05) is 22.2 Å². The number of nitrogens with one attached hydrogen (secondary N) is 1. The van der Waals surface area contributed by atoms with Gasteiger partial charge in [-0.05, 0) is 31.4 Å². The number of rotatable bonds is 0. The summed E-state index contributed by atoms with van der Waals surface area (Å²) in [5.41, 5.74) is 2.64. The molecule has 2 nitrogen and oxygen atoms in total. The normalized spacial score (nSPS) is 29.4. The highest BCUT2D eigenvalue weighted by Gasteiger charge is 2.43. The van der Waals surface area contributed by atoms with Crippen LogP contribution in [0.3, 0.4) is 0 Å². The van der Waals surface area contributed by atoms with Crippen LogP contribution in [0.15, 0.2) is 5.38 Å². The molecule has 0 saturated carbocycles. The van der Waals surface area contributed by atoms with Gasteiger partial charge in [-0.3, -0.25) is 0 Å². The first-order chi connectivity index (χ1) is 6.86. The van der Waals surface area contributed by atoms with Gasteiger partial charge in [-0.15, -0.1) is 11.3 Å². The smallest absolute Gasteiger partial charge is 0.100 e. The Morgan fingerprint density at radius 3 is 3.14 bits per heavy atom. The van der Waals surface area contributed by atoms with E-state index in [0.29, 0.717) is 5.41 Å². The third-order valence-electron chi connectivity index (χ3n) is 3.59. The number of fused-ring (bicyclic) bond motifs is 2. The SMILES string of the molecule is N#Cc1csc2c1C1(CCNC1)CC2. The Morgan fingerprint density at radius 2 is 2.43 bits per heavy atom. The summed E-state index contributed by atoms with van der Waals surface area (Å²) in [6.07, 6.45) is 3.64. The molecule has 1 unspecified atom stereocenters. The second-order valence-corrected chi connectivity index (χ2v) is 5.23. The van der Waals surface area contributed by atoms with Crippen LogP contribution < -0.4 is 5.32 Å². The van der Waals surface area contributed by atoms with Crippen molar-refractivity contribution in [2.45, 2.75) is 24.7 Å². The van der Waals surface area contributed by atoms with Gasteiger partial charge in [0.1, 0.15) is 6.07 Å². The first-order valence-electron chi connectivity index (χ1n) is 5.07. The lowest BCUT2D eigenvalue weighted by molar-refractivity contribution is 0.468. The fourth-order valence-electron chi connectivity index (χ4n) is 2.89. The van der Waals surface area contributed by atoms with Crippen molar-refractivity contribution >= 4 is 11.3 Å². The summed E-state index contributed by atoms with van der Waals surface area (Å²) in [5.74, 6) is 0. The van der Waals surface area contributed by atoms with Gasteiger partial charge < -0.3 is 5.32 Å². The number of hydrogen-bond donors (Lipinski definition) is 1. The van der Waals surface area contributed by atoms with Crippen molar-refractivity contribution in [2.24, 2.45) is 0 Å². The predicted molar refractivity (Wildman–Crippen MR) is 56.5 cm³/mol. The molecule has 0 radical (unpaired) electrons. The maximum absolute atomic E-state index is 9.07. The summed E-state index contributed by atoms with van der Waals surface area (Å²) in [6, 6.07) is 2.34. The molecule has 72 valence electrons. The molecular weight excluding hydrogens is 192 g/mol. The average molecular weight is 204 g/mol. The summed E-state index contributed by atoms with van der Waals surface area (Å²) < 4.78 is 0. The second kappa shape index (κ2) is 2.82. The standard InChI is InChI=1S/C11H12N2S/c12-5-8-6-14-9-1-2-11(10(8)9)3-4-13-7-11/h6,13H,1-4,7H2. The molecule has 1 aromatic heterocycles. The molecule has 1 aliphatic carbocycles. The Kier molecular flexibility index (Phi) is 1.70. The van der Waals surface area contributed by atoms with Crippen LogP contribution in [-0.2, 0) is 11.8 Å². The molecule has 1 fully saturated rings. The van der Waals surface area contributed by atoms with Crippen LogP contribution in [0.25, 0.3) is 0 Å². The molecular formula is C11H12N2S. The van der Waals surface area contributed by atoms with Crippen LogP contribution in [0.5, 0.6) is 0 Å². The predicted octanol–water partition coefficient (Wildman–Crippen LogP) is 1.80. The molecule has 3 heteroatoms. The van der Waals surface area contributed by atoms with Gasteiger partial charge in [0.25, 0.3) is 0 Å². The summed E-state index contributed by atoms with van der Waals surface area (Å²) in [7, 11) is 0. The second-order valence-electron chi connectivity index (χ2n) is 4.27. The number of nitrogens with zero attached hydrogens (tertiary/aromatic N) is 1. The molecule has 0 aromatic carbocycles. The highest BCUT2D eigenvalue weighted by atomic mass is 32.1. The zero-order chi connectivity index (χ0) is 9.60. The minimum Gasteiger partial charge on any atom is -0.316 e. The van der Waals surface area contributed by atoms with E-state index in [1.807, 2.05) is 5.38 Å². The molecule has 3 rings (SSSR count). The lowest BCUT2D eigenvalue weighted by atomic mass is 9.80. The summed E-state index contributed by atoms with van der Waals surface area (Å²) in [6.45, 7) is 2.19. The van der Waals surface area contributed by atoms with Gasteiger partial charge in [-0.25, -0.2) is 0 Å². The van der Waals surface area contributed by atoms with Crippen molar-refractivity contribution < 1.29 is 0 Å². The van der Waals surface area contributed by atoms with Crippen LogP contribution in [-0.4, -0.2) is 13.1 Å². The third-order valence-corrected chi connectivity index (χ3v) is 4.64. The van der Waals surface area contributed by atoms with Gasteiger partial charge in [0.15, 0.2) is 0 Å². The van der Waals surface area contributed by atoms with Crippen LogP contribution in [0.4, 0.5) is 0 Å². The average Bonchev–Trinajstić information content (AvgIpc) is 2.88. The fraction of sp³-hybridized carbons (Fsp3) is 0.545. The Labute approximate surface area is 87.6 Å². The largest absolute Gasteiger partial charge is 0.316 e. The molecule has 2 aliphatic rings. The highest BCUT2D eigenvalue weighted by Crippen LogP contribution is 2.47. The van der Waals surface area contributed by atoms with Crippen molar-refractivity contribution in [3.63, 3.8) is 0 Å². The van der Waals surface area contributed by atoms with E-state index in [4.69, 9.17) is 5.26 Å². The molecule has 1 atom stereocenters. The molecule has 1 aliphatic heterocycles. The van der Waals surface area contributed by atoms with Gasteiger partial charge >= 0.3 is 0 Å². The molecule has 1 spiro atoms. The maximum Gasteiger partial charge on any atom is 0.100 e. The Bertz CT molecular complexity index is 407. The van der Waals surface area contributed by atoms with Crippen molar-refractivity contribution in [1.82, 2.24) is 5.32 Å². The number of thiophene rings is 1. The first kappa shape index (κ1) is 8.46. The van der Waals surface area contributed by atoms with Crippen LogP contribution in [0, 0.1) is 11.3 Å². The number of aryl methyl sites for hydroxylation is 1. The molecule has 0 bridgehead atoms. The van der Waals surface area contributed by atoms with E-state index in [1.165, 1.54) is 29.7 Å². The van der Waals surface area contributed by atoms with E-state index in [-0.39, 0.29) is 0 Å². The lowest BCUT2D eigenvalue weighted by Gasteiger charge is -2.22. The fourth-order valence-corrected chi connectivity index (χ4v) is 3.99. The highest BCUT2D eigenvalue weighted by molar-refractivity contribution is 7.10. The minimum absolute atomic E-state index is 0.320. The van der Waals surface area contributed by atoms with E-state index in [9.17, 15) is 0 Å². The van der Waals surface area contributed by atoms with E-state index < -0.39 is 0 Å². The van der Waals surface area contributed by atoms with E-state index in [0.717, 1.165) is 18.7 Å². The quantitative estimate of drug-likeness (QED) is 0.699. The summed E-state index contributed by atoms with van der Waals surface area (Å²) in [5, 5.41) is 14.5. The molecule has 2 heterocycles. The molecule has 1 aromatic rings. The van der Waals surface area contributed by atoms with Crippen LogP contribution >= 0.6 is 11.3 Å². The monoisotopic (exact) mass is 204 g/mol. The van der Waals surface area contributed by atoms with E-state index in [1.54, 1.807) is 11.3 Å². The lowest BCUT2D eigenvalue weighted by Crippen LogP contribution is -2.26. The van der Waals surface area contributed by atoms with Crippen molar-refractivity contribution in [3.05, 3.63) is 21.4 Å². The zero-order valence-corrected chi connectivity index (χ0v) is 8.78. The third kappa shape index (κ3) is 0.930. The first-order valence-corrected chi connectivity index (χ1v) is 5.95. The van der Waals surface area contributed by atoms with E-state index >= 15 is 0 Å². The van der Waals surface area contributed by atoms with Gasteiger partial charge in [-0.1, -0.05) is 0 Å². The van der Waals surface area contributed by atoms with Gasteiger partial charge in [0.2, 0.25) is 0 Å². The van der Waals surface area contributed by atoms with Crippen LogP contribution in [0.1, 0.15) is 28.8 Å². The Hall–Kier alpha value is -0.850. The maximum atomic E-state index is 9.07. The molecule has 1 saturated heterocycles. The molecule has 1 N–H and O–H groups in total. The Morgan fingerprint density at radius 1 is 1.50 bits per heavy atom. The van der Waals surface area contributed by atoms with E-state index in [2.05, 4.69) is 11.4 Å². The number of hydrogen-bond acceptors (Lipinski definition) is 3. The number of nitriles is 1. The minimum atomic E-state index is 0.320. The summed E-state index contributed by atoms with van der Waals surface area (Å²) in [4.78, 5) is 1.46. The van der Waals surface area contributed by atoms with Crippen molar-refractivity contribution in [2.75, 3.05) is 13.1 Å². The Balaban J connectivity index is 2.16. The topological polar surface area (TPSA) is 35.8 Å². The van der Waals surface area contributed by atoms with Crippen molar-refractivity contribution in [3.8, 4) is 6.07 Å². The van der Waals surface area contributed by atoms with Crippen molar-refractivity contribution in [1.29, 1.82) is 5.26 Å². The molecule has 14 heavy (non-hydrogen) atoms. The van der Waals surface area contributed by atoms with Gasteiger partial charge in [-0.2, -0.15) is 5.26 Å². The van der Waals surface area contributed by atoms with Crippen LogP contribution in [0.2, 0.25) is 0 Å². The van der Waals surface area contributed by atoms with Gasteiger partial charge in [0.05, 0.1) is 5.56 Å².